The summed E-state index contributed by atoms with van der Waals surface area (Å²) >= 11 is 5.66. The van der Waals surface area contributed by atoms with E-state index in [0.717, 1.165) is 23.9 Å². The third-order valence-electron chi connectivity index (χ3n) is 1.68. The SMILES string of the molecule is Brc1ccc(CCCOPI)cc1. The second kappa shape index (κ2) is 7.16. The van der Waals surface area contributed by atoms with Crippen molar-refractivity contribution in [3.05, 3.63) is 34.3 Å². The van der Waals surface area contributed by atoms with Crippen molar-refractivity contribution < 1.29 is 4.52 Å². The Labute approximate surface area is 102 Å². The number of aryl methyl sites for hydroxylation is 1. The van der Waals surface area contributed by atoms with Crippen LogP contribution < -0.4 is 0 Å². The van der Waals surface area contributed by atoms with Crippen molar-refractivity contribution in [3.8, 4) is 0 Å². The van der Waals surface area contributed by atoms with Gasteiger partial charge in [0.25, 0.3) is 0 Å². The standard InChI is InChI=1S/C9H11BrIOP/c10-9-5-3-8(4-6-9)2-1-7-12-13-11/h3-6,13H,1-2,7H2. The molecule has 0 saturated heterocycles. The van der Waals surface area contributed by atoms with E-state index in [1.165, 1.54) is 5.56 Å². The minimum absolute atomic E-state index is 0.586. The molecule has 1 rings (SSSR count). The number of hydrogen-bond acceptors (Lipinski definition) is 1. The highest BCUT2D eigenvalue weighted by Gasteiger charge is 1.93. The van der Waals surface area contributed by atoms with Crippen LogP contribution in [0.4, 0.5) is 0 Å². The maximum Gasteiger partial charge on any atom is 0.0793 e. The minimum atomic E-state index is 0.586. The molecule has 1 aromatic carbocycles. The van der Waals surface area contributed by atoms with Crippen LogP contribution in [0.1, 0.15) is 12.0 Å². The summed E-state index contributed by atoms with van der Waals surface area (Å²) < 4.78 is 6.42. The summed E-state index contributed by atoms with van der Waals surface area (Å²) in [4.78, 5) is 0. The molecule has 0 radical (unpaired) electrons. The zero-order chi connectivity index (χ0) is 9.52. The molecule has 0 heterocycles. The first-order valence-corrected chi connectivity index (χ1v) is 8.86. The Morgan fingerprint density at radius 3 is 2.62 bits per heavy atom. The van der Waals surface area contributed by atoms with Crippen molar-refractivity contribution in [1.29, 1.82) is 0 Å². The van der Waals surface area contributed by atoms with Crippen LogP contribution in [-0.4, -0.2) is 6.61 Å². The van der Waals surface area contributed by atoms with Crippen LogP contribution in [0, 0.1) is 0 Å². The number of halogens is 2. The molecule has 1 aromatic rings. The molecule has 0 spiro atoms. The molecule has 0 aromatic heterocycles. The first kappa shape index (κ1) is 11.9. The van der Waals surface area contributed by atoms with Gasteiger partial charge in [-0.1, -0.05) is 28.1 Å². The Morgan fingerprint density at radius 2 is 2.00 bits per heavy atom. The average molecular weight is 373 g/mol. The Balaban J connectivity index is 2.25. The minimum Gasteiger partial charge on any atom is -0.352 e. The lowest BCUT2D eigenvalue weighted by molar-refractivity contribution is 0.362. The average Bonchev–Trinajstić information content (AvgIpc) is 2.15. The van der Waals surface area contributed by atoms with E-state index in [1.54, 1.807) is 0 Å². The molecular weight excluding hydrogens is 362 g/mol. The van der Waals surface area contributed by atoms with Crippen LogP contribution >= 0.6 is 44.4 Å². The van der Waals surface area contributed by atoms with E-state index >= 15 is 0 Å². The topological polar surface area (TPSA) is 9.23 Å². The first-order chi connectivity index (χ1) is 6.33. The zero-order valence-electron chi connectivity index (χ0n) is 7.09. The van der Waals surface area contributed by atoms with Crippen LogP contribution in [0.5, 0.6) is 0 Å². The second-order valence-corrected chi connectivity index (χ2v) is 5.34. The van der Waals surface area contributed by atoms with Gasteiger partial charge in [0.15, 0.2) is 0 Å². The van der Waals surface area contributed by atoms with E-state index < -0.39 is 0 Å². The predicted octanol–water partition coefficient (Wildman–Crippen LogP) is 4.34. The Hall–Kier alpha value is 0.820. The number of hydrogen-bond donors (Lipinski definition) is 0. The molecule has 72 valence electrons. The molecule has 1 nitrogen and oxygen atoms in total. The molecule has 13 heavy (non-hydrogen) atoms. The van der Waals surface area contributed by atoms with E-state index in [4.69, 9.17) is 4.52 Å². The lowest BCUT2D eigenvalue weighted by Gasteiger charge is -2.01. The van der Waals surface area contributed by atoms with Crippen molar-refractivity contribution in [2.75, 3.05) is 6.61 Å². The maximum absolute atomic E-state index is 5.28. The van der Waals surface area contributed by atoms with E-state index in [1.807, 2.05) is 0 Å². The van der Waals surface area contributed by atoms with Crippen LogP contribution in [0.15, 0.2) is 28.7 Å². The lowest BCUT2D eigenvalue weighted by atomic mass is 10.1. The molecule has 0 amide bonds. The number of rotatable bonds is 5. The molecule has 0 N–H and O–H groups in total. The van der Waals surface area contributed by atoms with Crippen LogP contribution in [0.25, 0.3) is 0 Å². The van der Waals surface area contributed by atoms with Gasteiger partial charge in [-0.25, -0.2) is 0 Å². The predicted molar refractivity (Wildman–Crippen MR) is 70.8 cm³/mol. The quantitative estimate of drug-likeness (QED) is 0.424. The van der Waals surface area contributed by atoms with Crippen LogP contribution in [-0.2, 0) is 10.9 Å². The molecule has 0 fully saturated rings. The summed E-state index contributed by atoms with van der Waals surface area (Å²) in [6.07, 6.45) is 2.21. The van der Waals surface area contributed by atoms with Gasteiger partial charge in [0.2, 0.25) is 0 Å². The van der Waals surface area contributed by atoms with Gasteiger partial charge in [0.05, 0.1) is 13.1 Å². The van der Waals surface area contributed by atoms with Crippen LogP contribution in [0.3, 0.4) is 0 Å². The molecular formula is C9H11BrIOP. The summed E-state index contributed by atoms with van der Waals surface area (Å²) in [5.41, 5.74) is 1.38. The largest absolute Gasteiger partial charge is 0.352 e. The Bertz CT molecular complexity index is 240. The van der Waals surface area contributed by atoms with Crippen LogP contribution in [0.2, 0.25) is 0 Å². The Kier molecular flexibility index (Phi) is 6.55. The normalized spacial score (nSPS) is 11.2. The highest BCUT2D eigenvalue weighted by Crippen LogP contribution is 2.22. The molecule has 0 aliphatic carbocycles. The summed E-state index contributed by atoms with van der Waals surface area (Å²) in [5, 5.41) is 0. The van der Waals surface area contributed by atoms with Gasteiger partial charge in [-0.3, -0.25) is 0 Å². The van der Waals surface area contributed by atoms with Crippen molar-refractivity contribution >= 4 is 44.4 Å². The highest BCUT2D eigenvalue weighted by atomic mass is 127. The summed E-state index contributed by atoms with van der Waals surface area (Å²) in [7, 11) is 0. The van der Waals surface area contributed by atoms with Gasteiger partial charge in [0, 0.05) is 4.47 Å². The summed E-state index contributed by atoms with van der Waals surface area (Å²) in [6, 6.07) is 8.46. The second-order valence-electron chi connectivity index (χ2n) is 2.66. The van der Waals surface area contributed by atoms with Gasteiger partial charge < -0.3 is 4.52 Å². The van der Waals surface area contributed by atoms with Gasteiger partial charge in [0.1, 0.15) is 0 Å². The third kappa shape index (κ3) is 5.31. The molecule has 0 saturated carbocycles. The first-order valence-electron chi connectivity index (χ1n) is 4.05. The molecule has 1 unspecified atom stereocenters. The van der Waals surface area contributed by atoms with Crippen molar-refractivity contribution in [1.82, 2.24) is 0 Å². The molecule has 0 aliphatic heterocycles. The fraction of sp³-hybridized carbons (Fsp3) is 0.333. The molecule has 1 atom stereocenters. The molecule has 0 aliphatic rings. The number of benzene rings is 1. The van der Waals surface area contributed by atoms with Crippen molar-refractivity contribution in [3.63, 3.8) is 0 Å². The molecule has 0 bridgehead atoms. The van der Waals surface area contributed by atoms with E-state index in [2.05, 4.69) is 62.2 Å². The fourth-order valence-corrected chi connectivity index (χ4v) is 2.18. The van der Waals surface area contributed by atoms with E-state index in [-0.39, 0.29) is 0 Å². The van der Waals surface area contributed by atoms with Gasteiger partial charge >= 0.3 is 0 Å². The lowest BCUT2D eigenvalue weighted by Crippen LogP contribution is -1.89. The van der Waals surface area contributed by atoms with E-state index in [0.29, 0.717) is 6.45 Å². The Morgan fingerprint density at radius 1 is 1.31 bits per heavy atom. The maximum atomic E-state index is 5.28. The van der Waals surface area contributed by atoms with Gasteiger partial charge in [-0.05, 0) is 52.6 Å². The van der Waals surface area contributed by atoms with Gasteiger partial charge in [-0.15, -0.1) is 0 Å². The fourth-order valence-electron chi connectivity index (χ4n) is 1.04. The smallest absolute Gasteiger partial charge is 0.0793 e. The molecule has 4 heteroatoms. The van der Waals surface area contributed by atoms with E-state index in [9.17, 15) is 0 Å². The summed E-state index contributed by atoms with van der Waals surface area (Å²) in [6.45, 7) is 1.46. The summed E-state index contributed by atoms with van der Waals surface area (Å²) in [5.74, 6) is 0. The monoisotopic (exact) mass is 372 g/mol. The van der Waals surface area contributed by atoms with Crippen molar-refractivity contribution in [2.45, 2.75) is 12.8 Å². The zero-order valence-corrected chi connectivity index (χ0v) is 11.8. The van der Waals surface area contributed by atoms with Gasteiger partial charge in [-0.2, -0.15) is 0 Å². The third-order valence-corrected chi connectivity index (χ3v) is 3.46. The van der Waals surface area contributed by atoms with Crippen molar-refractivity contribution in [2.24, 2.45) is 0 Å². The highest BCUT2D eigenvalue weighted by molar-refractivity contribution is 14.2.